The van der Waals surface area contributed by atoms with E-state index in [0.717, 1.165) is 12.8 Å². The Hall–Kier alpha value is -2.40. The summed E-state index contributed by atoms with van der Waals surface area (Å²) < 4.78 is 5.67. The Balaban J connectivity index is 1.53. The molecule has 1 saturated heterocycles. The maximum atomic E-state index is 12.7. The van der Waals surface area contributed by atoms with Crippen LogP contribution in [0.25, 0.3) is 11.0 Å². The number of piperidine rings is 1. The Morgan fingerprint density at radius 3 is 2.67 bits per heavy atom. The molecule has 1 amide bonds. The largest absolute Gasteiger partial charge is 0.451 e. The number of carbonyl (C=O) groups is 1. The van der Waals surface area contributed by atoms with Crippen molar-refractivity contribution >= 4 is 28.2 Å². The molecule has 4 rings (SSSR count). The van der Waals surface area contributed by atoms with E-state index in [1.165, 1.54) is 10.9 Å². The van der Waals surface area contributed by atoms with Gasteiger partial charge in [-0.15, -0.1) is 11.3 Å². The first-order valence-corrected chi connectivity index (χ1v) is 8.96. The van der Waals surface area contributed by atoms with Crippen LogP contribution in [0.15, 0.2) is 57.1 Å². The molecule has 0 N–H and O–H groups in total. The van der Waals surface area contributed by atoms with Crippen LogP contribution in [0.4, 0.5) is 0 Å². The summed E-state index contributed by atoms with van der Waals surface area (Å²) in [6.45, 7) is 1.38. The number of hydrogen-bond acceptors (Lipinski definition) is 4. The zero-order chi connectivity index (χ0) is 16.5. The summed E-state index contributed by atoms with van der Waals surface area (Å²) in [6.07, 6.45) is 1.90. The number of benzene rings is 1. The van der Waals surface area contributed by atoms with Crippen molar-refractivity contribution in [1.29, 1.82) is 0 Å². The van der Waals surface area contributed by atoms with Crippen LogP contribution in [-0.2, 0) is 0 Å². The lowest BCUT2D eigenvalue weighted by molar-refractivity contribution is 0.0682. The van der Waals surface area contributed by atoms with Crippen molar-refractivity contribution in [2.45, 2.75) is 18.8 Å². The Labute approximate surface area is 143 Å². The highest BCUT2D eigenvalue weighted by Crippen LogP contribution is 2.31. The molecule has 0 bridgehead atoms. The molecule has 24 heavy (non-hydrogen) atoms. The van der Waals surface area contributed by atoms with E-state index in [0.29, 0.717) is 30.0 Å². The molecule has 3 heterocycles. The second-order valence-electron chi connectivity index (χ2n) is 6.05. The Morgan fingerprint density at radius 1 is 1.12 bits per heavy atom. The van der Waals surface area contributed by atoms with E-state index in [-0.39, 0.29) is 17.1 Å². The Bertz CT molecular complexity index is 921. The standard InChI is InChI=1S/C19H17NO3S/c21-15-12-17(23-16-5-2-1-4-14(15)16)19(22)20-9-7-13(8-10-20)18-6-3-11-24-18/h1-6,11-13H,7-10H2. The fraction of sp³-hybridized carbons (Fsp3) is 0.263. The summed E-state index contributed by atoms with van der Waals surface area (Å²) >= 11 is 1.78. The monoisotopic (exact) mass is 339 g/mol. The van der Waals surface area contributed by atoms with E-state index in [2.05, 4.69) is 17.5 Å². The SMILES string of the molecule is O=C(c1cc(=O)c2ccccc2o1)N1CCC(c2cccs2)CC1. The van der Waals surface area contributed by atoms with Gasteiger partial charge < -0.3 is 9.32 Å². The van der Waals surface area contributed by atoms with Crippen molar-refractivity contribution in [1.82, 2.24) is 4.90 Å². The van der Waals surface area contributed by atoms with Gasteiger partial charge in [0.2, 0.25) is 0 Å². The summed E-state index contributed by atoms with van der Waals surface area (Å²) in [7, 11) is 0. The lowest BCUT2D eigenvalue weighted by atomic mass is 9.95. The van der Waals surface area contributed by atoms with Crippen LogP contribution in [0.1, 0.15) is 34.2 Å². The molecule has 122 valence electrons. The first kappa shape index (κ1) is 15.1. The summed E-state index contributed by atoms with van der Waals surface area (Å²) in [5.41, 5.74) is 0.287. The summed E-state index contributed by atoms with van der Waals surface area (Å²) in [4.78, 5) is 28.0. The third kappa shape index (κ3) is 2.76. The molecular formula is C19H17NO3S. The van der Waals surface area contributed by atoms with Gasteiger partial charge in [0.15, 0.2) is 11.2 Å². The topological polar surface area (TPSA) is 50.5 Å². The van der Waals surface area contributed by atoms with Crippen LogP contribution in [0, 0.1) is 0 Å². The maximum Gasteiger partial charge on any atom is 0.289 e. The number of hydrogen-bond donors (Lipinski definition) is 0. The van der Waals surface area contributed by atoms with Gasteiger partial charge in [-0.2, -0.15) is 0 Å². The molecule has 1 aliphatic heterocycles. The molecule has 0 saturated carbocycles. The Morgan fingerprint density at radius 2 is 1.92 bits per heavy atom. The third-order valence-corrected chi connectivity index (χ3v) is 5.61. The van der Waals surface area contributed by atoms with Gasteiger partial charge in [0.25, 0.3) is 5.91 Å². The number of likely N-dealkylation sites (tertiary alicyclic amines) is 1. The average molecular weight is 339 g/mol. The van der Waals surface area contributed by atoms with Gasteiger partial charge in [0, 0.05) is 24.0 Å². The molecule has 0 radical (unpaired) electrons. The van der Waals surface area contributed by atoms with Gasteiger partial charge in [-0.3, -0.25) is 9.59 Å². The zero-order valence-corrected chi connectivity index (χ0v) is 13.9. The minimum absolute atomic E-state index is 0.133. The van der Waals surface area contributed by atoms with Gasteiger partial charge in [0.1, 0.15) is 5.58 Å². The highest BCUT2D eigenvalue weighted by molar-refractivity contribution is 7.10. The van der Waals surface area contributed by atoms with Crippen LogP contribution in [0.5, 0.6) is 0 Å². The third-order valence-electron chi connectivity index (χ3n) is 4.57. The quantitative estimate of drug-likeness (QED) is 0.712. The van der Waals surface area contributed by atoms with Crippen LogP contribution in [0.2, 0.25) is 0 Å². The highest BCUT2D eigenvalue weighted by atomic mass is 32.1. The van der Waals surface area contributed by atoms with E-state index in [1.54, 1.807) is 40.5 Å². The number of para-hydroxylation sites is 1. The average Bonchev–Trinajstić information content (AvgIpc) is 3.16. The normalized spacial score (nSPS) is 15.8. The summed E-state index contributed by atoms with van der Waals surface area (Å²) in [6, 6.07) is 12.6. The predicted octanol–water partition coefficient (Wildman–Crippen LogP) is 3.87. The van der Waals surface area contributed by atoms with Crippen molar-refractivity contribution in [3.63, 3.8) is 0 Å². The molecule has 0 atom stereocenters. The number of amides is 1. The number of thiophene rings is 1. The molecule has 0 unspecified atom stereocenters. The van der Waals surface area contributed by atoms with Crippen molar-refractivity contribution in [2.75, 3.05) is 13.1 Å². The number of nitrogens with zero attached hydrogens (tertiary/aromatic N) is 1. The van der Waals surface area contributed by atoms with E-state index in [4.69, 9.17) is 4.42 Å². The summed E-state index contributed by atoms with van der Waals surface area (Å²) in [5, 5.41) is 2.60. The molecule has 5 heteroatoms. The van der Waals surface area contributed by atoms with E-state index >= 15 is 0 Å². The van der Waals surface area contributed by atoms with Gasteiger partial charge >= 0.3 is 0 Å². The van der Waals surface area contributed by atoms with E-state index in [9.17, 15) is 9.59 Å². The smallest absolute Gasteiger partial charge is 0.289 e. The van der Waals surface area contributed by atoms with Crippen molar-refractivity contribution < 1.29 is 9.21 Å². The van der Waals surface area contributed by atoms with Gasteiger partial charge in [-0.05, 0) is 42.3 Å². The molecule has 0 spiro atoms. The lowest BCUT2D eigenvalue weighted by Gasteiger charge is -2.31. The van der Waals surface area contributed by atoms with Crippen molar-refractivity contribution in [3.05, 3.63) is 68.7 Å². The first-order valence-electron chi connectivity index (χ1n) is 8.08. The molecule has 1 fully saturated rings. The van der Waals surface area contributed by atoms with E-state index < -0.39 is 0 Å². The van der Waals surface area contributed by atoms with Gasteiger partial charge in [-0.25, -0.2) is 0 Å². The minimum atomic E-state index is -0.192. The van der Waals surface area contributed by atoms with E-state index in [1.807, 2.05) is 0 Å². The van der Waals surface area contributed by atoms with Crippen LogP contribution >= 0.6 is 11.3 Å². The second-order valence-corrected chi connectivity index (χ2v) is 7.03. The molecule has 1 aromatic carbocycles. The molecular weight excluding hydrogens is 322 g/mol. The first-order chi connectivity index (χ1) is 11.7. The molecule has 3 aromatic rings. The van der Waals surface area contributed by atoms with Crippen LogP contribution in [-0.4, -0.2) is 23.9 Å². The molecule has 4 nitrogen and oxygen atoms in total. The second kappa shape index (κ2) is 6.24. The predicted molar refractivity (Wildman–Crippen MR) is 94.7 cm³/mol. The minimum Gasteiger partial charge on any atom is -0.451 e. The van der Waals surface area contributed by atoms with Crippen LogP contribution in [0.3, 0.4) is 0 Å². The van der Waals surface area contributed by atoms with Crippen molar-refractivity contribution in [2.24, 2.45) is 0 Å². The Kier molecular flexibility index (Phi) is 3.94. The fourth-order valence-corrected chi connectivity index (χ4v) is 4.16. The summed E-state index contributed by atoms with van der Waals surface area (Å²) in [5.74, 6) is 0.466. The van der Waals surface area contributed by atoms with Gasteiger partial charge in [-0.1, -0.05) is 18.2 Å². The zero-order valence-electron chi connectivity index (χ0n) is 13.1. The number of carbonyl (C=O) groups excluding carboxylic acids is 1. The molecule has 1 aliphatic rings. The number of rotatable bonds is 2. The van der Waals surface area contributed by atoms with Crippen molar-refractivity contribution in [3.8, 4) is 0 Å². The fourth-order valence-electron chi connectivity index (χ4n) is 3.26. The van der Waals surface area contributed by atoms with Gasteiger partial charge in [0.05, 0.1) is 5.39 Å². The number of fused-ring (bicyclic) bond motifs is 1. The highest BCUT2D eigenvalue weighted by Gasteiger charge is 2.26. The lowest BCUT2D eigenvalue weighted by Crippen LogP contribution is -2.38. The maximum absolute atomic E-state index is 12.7. The molecule has 0 aliphatic carbocycles. The molecule has 2 aromatic heterocycles. The van der Waals surface area contributed by atoms with Crippen LogP contribution < -0.4 is 5.43 Å².